The van der Waals surface area contributed by atoms with Crippen molar-refractivity contribution in [2.75, 3.05) is 32.8 Å². The van der Waals surface area contributed by atoms with E-state index in [9.17, 15) is 4.79 Å². The van der Waals surface area contributed by atoms with E-state index >= 15 is 0 Å². The highest BCUT2D eigenvalue weighted by Gasteiger charge is 2.09. The quantitative estimate of drug-likeness (QED) is 0.795. The minimum atomic E-state index is 0.120. The van der Waals surface area contributed by atoms with E-state index in [1.165, 1.54) is 36.3 Å². The molecule has 0 bridgehead atoms. The lowest BCUT2D eigenvalue weighted by molar-refractivity contribution is 0.0372. The van der Waals surface area contributed by atoms with Crippen LogP contribution in [0.1, 0.15) is 18.4 Å². The summed E-state index contributed by atoms with van der Waals surface area (Å²) in [6, 6.07) is 6.41. The SMILES string of the molecule is Cn1c(=O)sc2cc(CCCCN3CCOCC3)ccc21. The molecule has 0 N–H and O–H groups in total. The fourth-order valence-electron chi connectivity index (χ4n) is 2.82. The second-order valence-electron chi connectivity index (χ2n) is 5.64. The summed E-state index contributed by atoms with van der Waals surface area (Å²) in [4.78, 5) is 14.3. The number of aryl methyl sites for hydroxylation is 2. The topological polar surface area (TPSA) is 34.5 Å². The lowest BCUT2D eigenvalue weighted by Crippen LogP contribution is -2.36. The van der Waals surface area contributed by atoms with Crippen LogP contribution in [0.2, 0.25) is 0 Å². The standard InChI is InChI=1S/C16H22N2O2S/c1-17-14-6-5-13(12-15(14)21-16(17)19)4-2-3-7-18-8-10-20-11-9-18/h5-6,12H,2-4,7-11H2,1H3. The first-order valence-electron chi connectivity index (χ1n) is 7.62. The Bertz CT molecular complexity index is 656. The smallest absolute Gasteiger partial charge is 0.307 e. The number of nitrogens with zero attached hydrogens (tertiary/aromatic N) is 2. The Hall–Kier alpha value is -1.17. The molecule has 2 aromatic rings. The minimum Gasteiger partial charge on any atom is -0.379 e. The van der Waals surface area contributed by atoms with Crippen molar-refractivity contribution < 1.29 is 4.74 Å². The Labute approximate surface area is 128 Å². The van der Waals surface area contributed by atoms with Crippen LogP contribution in [-0.2, 0) is 18.2 Å². The number of benzene rings is 1. The van der Waals surface area contributed by atoms with Crippen LogP contribution in [0.25, 0.3) is 10.2 Å². The van der Waals surface area contributed by atoms with Crippen LogP contribution in [0, 0.1) is 0 Å². The molecule has 3 rings (SSSR count). The van der Waals surface area contributed by atoms with E-state index in [2.05, 4.69) is 23.1 Å². The number of rotatable bonds is 5. The van der Waals surface area contributed by atoms with Crippen molar-refractivity contribution in [1.29, 1.82) is 0 Å². The number of morpholine rings is 1. The molecule has 1 aromatic heterocycles. The van der Waals surface area contributed by atoms with Crippen molar-refractivity contribution in [3.05, 3.63) is 33.4 Å². The second-order valence-corrected chi connectivity index (χ2v) is 6.63. The maximum absolute atomic E-state index is 11.7. The molecular formula is C16H22N2O2S. The number of fused-ring (bicyclic) bond motifs is 1. The average Bonchev–Trinajstić information content (AvgIpc) is 2.79. The third kappa shape index (κ3) is 3.54. The molecule has 1 fully saturated rings. The predicted octanol–water partition coefficient (Wildman–Crippen LogP) is 2.25. The molecule has 4 nitrogen and oxygen atoms in total. The number of thiazole rings is 1. The summed E-state index contributed by atoms with van der Waals surface area (Å²) in [5.41, 5.74) is 2.38. The van der Waals surface area contributed by atoms with Crippen molar-refractivity contribution in [1.82, 2.24) is 9.47 Å². The molecule has 0 saturated carbocycles. The van der Waals surface area contributed by atoms with Crippen LogP contribution in [0.3, 0.4) is 0 Å². The van der Waals surface area contributed by atoms with Crippen molar-refractivity contribution in [2.24, 2.45) is 7.05 Å². The van der Waals surface area contributed by atoms with Gasteiger partial charge in [0.15, 0.2) is 0 Å². The summed E-state index contributed by atoms with van der Waals surface area (Å²) in [7, 11) is 1.84. The van der Waals surface area contributed by atoms with Gasteiger partial charge >= 0.3 is 4.87 Å². The summed E-state index contributed by atoms with van der Waals surface area (Å²) in [6.45, 7) is 5.07. The van der Waals surface area contributed by atoms with E-state index in [1.54, 1.807) is 4.57 Å². The minimum absolute atomic E-state index is 0.120. The number of ether oxygens (including phenoxy) is 1. The third-order valence-corrected chi connectivity index (χ3v) is 5.15. The van der Waals surface area contributed by atoms with Crippen LogP contribution < -0.4 is 4.87 Å². The number of hydrogen-bond acceptors (Lipinski definition) is 4. The number of unbranched alkanes of at least 4 members (excludes halogenated alkanes) is 1. The van der Waals surface area contributed by atoms with Gasteiger partial charge in [0, 0.05) is 20.1 Å². The van der Waals surface area contributed by atoms with Crippen molar-refractivity contribution in [2.45, 2.75) is 19.3 Å². The Morgan fingerprint density at radius 2 is 2.05 bits per heavy atom. The van der Waals surface area contributed by atoms with Gasteiger partial charge in [-0.25, -0.2) is 0 Å². The molecule has 0 atom stereocenters. The highest BCUT2D eigenvalue weighted by Crippen LogP contribution is 2.19. The lowest BCUT2D eigenvalue weighted by atomic mass is 10.1. The van der Waals surface area contributed by atoms with Gasteiger partial charge in [0.2, 0.25) is 0 Å². The Morgan fingerprint density at radius 3 is 2.86 bits per heavy atom. The van der Waals surface area contributed by atoms with E-state index in [-0.39, 0.29) is 4.87 Å². The zero-order valence-electron chi connectivity index (χ0n) is 12.5. The molecule has 0 amide bonds. The molecule has 0 spiro atoms. The normalized spacial score (nSPS) is 16.6. The van der Waals surface area contributed by atoms with E-state index < -0.39 is 0 Å². The molecule has 114 valence electrons. The van der Waals surface area contributed by atoms with Gasteiger partial charge < -0.3 is 9.30 Å². The zero-order chi connectivity index (χ0) is 14.7. The Morgan fingerprint density at radius 1 is 1.24 bits per heavy atom. The Balaban J connectivity index is 1.52. The first-order valence-corrected chi connectivity index (χ1v) is 8.44. The zero-order valence-corrected chi connectivity index (χ0v) is 13.3. The van der Waals surface area contributed by atoms with Crippen LogP contribution in [0.4, 0.5) is 0 Å². The summed E-state index contributed by atoms with van der Waals surface area (Å²) in [5, 5.41) is 0. The molecule has 1 aliphatic heterocycles. The molecule has 1 aliphatic rings. The van der Waals surface area contributed by atoms with E-state index in [1.807, 2.05) is 7.05 Å². The van der Waals surface area contributed by atoms with Gasteiger partial charge in [0.05, 0.1) is 23.4 Å². The summed E-state index contributed by atoms with van der Waals surface area (Å²) in [6.07, 6.45) is 3.52. The van der Waals surface area contributed by atoms with Gasteiger partial charge in [0.1, 0.15) is 0 Å². The molecule has 1 aromatic carbocycles. The third-order valence-electron chi connectivity index (χ3n) is 4.15. The average molecular weight is 306 g/mol. The fourth-order valence-corrected chi connectivity index (χ4v) is 3.77. The maximum Gasteiger partial charge on any atom is 0.307 e. The van der Waals surface area contributed by atoms with Gasteiger partial charge in [-0.1, -0.05) is 17.4 Å². The van der Waals surface area contributed by atoms with Crippen molar-refractivity contribution in [3.63, 3.8) is 0 Å². The highest BCUT2D eigenvalue weighted by atomic mass is 32.1. The molecule has 0 unspecified atom stereocenters. The molecule has 21 heavy (non-hydrogen) atoms. The van der Waals surface area contributed by atoms with E-state index in [4.69, 9.17) is 4.74 Å². The van der Waals surface area contributed by atoms with Crippen LogP contribution in [0.15, 0.2) is 23.0 Å². The summed E-state index contributed by atoms with van der Waals surface area (Å²) in [5.74, 6) is 0. The number of hydrogen-bond donors (Lipinski definition) is 0. The summed E-state index contributed by atoms with van der Waals surface area (Å²) >= 11 is 1.34. The van der Waals surface area contributed by atoms with Crippen molar-refractivity contribution in [3.8, 4) is 0 Å². The number of aromatic nitrogens is 1. The van der Waals surface area contributed by atoms with Crippen LogP contribution >= 0.6 is 11.3 Å². The van der Waals surface area contributed by atoms with Crippen LogP contribution in [0.5, 0.6) is 0 Å². The fraction of sp³-hybridized carbons (Fsp3) is 0.562. The van der Waals surface area contributed by atoms with Gasteiger partial charge in [-0.05, 0) is 43.5 Å². The molecule has 0 aliphatic carbocycles. The van der Waals surface area contributed by atoms with Gasteiger partial charge in [0.25, 0.3) is 0 Å². The van der Waals surface area contributed by atoms with E-state index in [0.717, 1.165) is 42.9 Å². The molecule has 2 heterocycles. The molecule has 5 heteroatoms. The van der Waals surface area contributed by atoms with Gasteiger partial charge in [-0.15, -0.1) is 0 Å². The maximum atomic E-state index is 11.7. The monoisotopic (exact) mass is 306 g/mol. The van der Waals surface area contributed by atoms with Gasteiger partial charge in [-0.2, -0.15) is 0 Å². The van der Waals surface area contributed by atoms with Crippen molar-refractivity contribution >= 4 is 21.6 Å². The van der Waals surface area contributed by atoms with Gasteiger partial charge in [-0.3, -0.25) is 9.69 Å². The molecular weight excluding hydrogens is 284 g/mol. The predicted molar refractivity (Wildman–Crippen MR) is 87.3 cm³/mol. The van der Waals surface area contributed by atoms with Crippen LogP contribution in [-0.4, -0.2) is 42.3 Å². The molecule has 0 radical (unpaired) electrons. The lowest BCUT2D eigenvalue weighted by Gasteiger charge is -2.26. The first-order chi connectivity index (χ1) is 10.2. The second kappa shape index (κ2) is 6.73. The molecule has 1 saturated heterocycles. The highest BCUT2D eigenvalue weighted by molar-refractivity contribution is 7.16. The van der Waals surface area contributed by atoms with E-state index in [0.29, 0.717) is 0 Å². The Kier molecular flexibility index (Phi) is 4.73. The largest absolute Gasteiger partial charge is 0.379 e. The summed E-state index contributed by atoms with van der Waals surface area (Å²) < 4.78 is 8.19. The first kappa shape index (κ1) is 14.8.